The first-order valence-corrected chi connectivity index (χ1v) is 10.7. The van der Waals surface area contributed by atoms with Gasteiger partial charge in [-0.1, -0.05) is 0 Å². The van der Waals surface area contributed by atoms with E-state index in [2.05, 4.69) is 10.4 Å². The highest BCUT2D eigenvalue weighted by Gasteiger charge is 2.27. The summed E-state index contributed by atoms with van der Waals surface area (Å²) in [6.45, 7) is 9.23. The van der Waals surface area contributed by atoms with E-state index in [0.29, 0.717) is 31.8 Å². The summed E-state index contributed by atoms with van der Waals surface area (Å²) in [5, 5.41) is 8.27. The first-order valence-electron chi connectivity index (χ1n) is 10.7. The fourth-order valence-corrected chi connectivity index (χ4v) is 4.29. The molecule has 0 atom stereocenters. The molecule has 3 rings (SSSR count). The van der Waals surface area contributed by atoms with Crippen molar-refractivity contribution >= 4 is 22.8 Å². The van der Waals surface area contributed by atoms with Gasteiger partial charge in [-0.3, -0.25) is 9.59 Å². The molecule has 0 aromatic carbocycles. The quantitative estimate of drug-likeness (QED) is 0.782. The third kappa shape index (κ3) is 4.42. The number of nitrogens with one attached hydrogen (secondary N) is 1. The number of nitrogens with zero attached hydrogens (tertiary/aromatic N) is 4. The average molecular weight is 416 g/mol. The number of rotatable bonds is 6. The zero-order chi connectivity index (χ0) is 22.0. The third-order valence-electron chi connectivity index (χ3n) is 5.95. The van der Waals surface area contributed by atoms with Crippen LogP contribution < -0.4 is 10.1 Å². The number of hydrogen-bond donors (Lipinski definition) is 1. The van der Waals surface area contributed by atoms with Gasteiger partial charge in [0.1, 0.15) is 0 Å². The van der Waals surface area contributed by atoms with Gasteiger partial charge in [0.05, 0.1) is 12.5 Å². The summed E-state index contributed by atoms with van der Waals surface area (Å²) in [6.07, 6.45) is 2.51. The number of aryl methyl sites for hydroxylation is 3. The predicted molar refractivity (Wildman–Crippen MR) is 115 cm³/mol. The lowest BCUT2D eigenvalue weighted by Crippen LogP contribution is -2.44. The molecule has 3 heterocycles. The standard InChI is InChI=1S/C22H33N5O3/c1-13(2)23-21(29)16-9-11-27(12-10-16)18(28)8-7-17-14(3)19-20(24-15(17)4)26(5)25-22(19)30-6/h13,16H,7-12H2,1-6H3,(H,23,29). The lowest BCUT2D eigenvalue weighted by atomic mass is 9.95. The molecule has 0 bridgehead atoms. The fraction of sp³-hybridized carbons (Fsp3) is 0.636. The van der Waals surface area contributed by atoms with Crippen LogP contribution in [0.5, 0.6) is 5.88 Å². The van der Waals surface area contributed by atoms with Gasteiger partial charge in [0.2, 0.25) is 17.7 Å². The molecule has 0 aliphatic carbocycles. The molecule has 1 aliphatic heterocycles. The van der Waals surface area contributed by atoms with Gasteiger partial charge < -0.3 is 15.0 Å². The van der Waals surface area contributed by atoms with Crippen molar-refractivity contribution in [1.82, 2.24) is 25.0 Å². The molecule has 30 heavy (non-hydrogen) atoms. The number of methoxy groups -OCH3 is 1. The van der Waals surface area contributed by atoms with Gasteiger partial charge in [0, 0.05) is 44.2 Å². The maximum absolute atomic E-state index is 12.8. The molecular formula is C22H33N5O3. The number of piperidine rings is 1. The predicted octanol–water partition coefficient (Wildman–Crippen LogP) is 2.29. The van der Waals surface area contributed by atoms with Crippen LogP contribution in [0.4, 0.5) is 0 Å². The Hall–Kier alpha value is -2.64. The Morgan fingerprint density at radius 2 is 1.90 bits per heavy atom. The number of carbonyl (C=O) groups excluding carboxylic acids is 2. The van der Waals surface area contributed by atoms with Crippen molar-refractivity contribution in [3.63, 3.8) is 0 Å². The SMILES string of the molecule is COc1nn(C)c2nc(C)c(CCC(=O)N3CCC(C(=O)NC(C)C)CC3)c(C)c12. The monoisotopic (exact) mass is 415 g/mol. The molecule has 2 amide bonds. The molecule has 1 aliphatic rings. The van der Waals surface area contributed by atoms with Crippen LogP contribution in [0.3, 0.4) is 0 Å². The summed E-state index contributed by atoms with van der Waals surface area (Å²) >= 11 is 0. The van der Waals surface area contributed by atoms with E-state index in [1.807, 2.05) is 39.6 Å². The van der Waals surface area contributed by atoms with Gasteiger partial charge in [-0.2, -0.15) is 0 Å². The highest BCUT2D eigenvalue weighted by Crippen LogP contribution is 2.30. The Bertz CT molecular complexity index is 942. The van der Waals surface area contributed by atoms with Gasteiger partial charge in [-0.05, 0) is 58.1 Å². The largest absolute Gasteiger partial charge is 0.479 e. The molecule has 0 saturated carbocycles. The smallest absolute Gasteiger partial charge is 0.242 e. The number of carbonyl (C=O) groups is 2. The maximum atomic E-state index is 12.8. The van der Waals surface area contributed by atoms with Gasteiger partial charge in [0.25, 0.3) is 0 Å². The number of likely N-dealkylation sites (tertiary alicyclic amines) is 1. The molecule has 0 unspecified atom stereocenters. The van der Waals surface area contributed by atoms with E-state index in [1.54, 1.807) is 11.8 Å². The van der Waals surface area contributed by atoms with Crippen LogP contribution in [0, 0.1) is 19.8 Å². The van der Waals surface area contributed by atoms with Gasteiger partial charge in [0.15, 0.2) is 5.65 Å². The van der Waals surface area contributed by atoms with E-state index in [0.717, 1.165) is 40.7 Å². The van der Waals surface area contributed by atoms with Gasteiger partial charge >= 0.3 is 0 Å². The number of amides is 2. The van der Waals surface area contributed by atoms with Crippen LogP contribution >= 0.6 is 0 Å². The second kappa shape index (κ2) is 9.02. The van der Waals surface area contributed by atoms with Crippen molar-refractivity contribution in [2.24, 2.45) is 13.0 Å². The highest BCUT2D eigenvalue weighted by atomic mass is 16.5. The van der Waals surface area contributed by atoms with Crippen LogP contribution in [0.2, 0.25) is 0 Å². The van der Waals surface area contributed by atoms with Crippen LogP contribution in [0.1, 0.15) is 49.9 Å². The lowest BCUT2D eigenvalue weighted by Gasteiger charge is -2.32. The molecule has 8 nitrogen and oxygen atoms in total. The van der Waals surface area contributed by atoms with E-state index in [1.165, 1.54) is 0 Å². The average Bonchev–Trinajstić information content (AvgIpc) is 3.03. The zero-order valence-electron chi connectivity index (χ0n) is 18.9. The van der Waals surface area contributed by atoms with Crippen molar-refractivity contribution in [1.29, 1.82) is 0 Å². The zero-order valence-corrected chi connectivity index (χ0v) is 18.9. The van der Waals surface area contributed by atoms with Crippen LogP contribution in [0.15, 0.2) is 0 Å². The second-order valence-electron chi connectivity index (χ2n) is 8.45. The van der Waals surface area contributed by atoms with Gasteiger partial charge in [-0.25, -0.2) is 9.67 Å². The molecule has 0 radical (unpaired) electrons. The lowest BCUT2D eigenvalue weighted by molar-refractivity contribution is -0.135. The summed E-state index contributed by atoms with van der Waals surface area (Å²) in [5.41, 5.74) is 3.86. The van der Waals surface area contributed by atoms with Crippen molar-refractivity contribution in [3.8, 4) is 5.88 Å². The summed E-state index contributed by atoms with van der Waals surface area (Å²) in [7, 11) is 3.46. The summed E-state index contributed by atoms with van der Waals surface area (Å²) in [6, 6.07) is 0.146. The minimum Gasteiger partial charge on any atom is -0.479 e. The first kappa shape index (κ1) is 22.1. The minimum absolute atomic E-state index is 0.00518. The molecule has 0 spiro atoms. The third-order valence-corrected chi connectivity index (χ3v) is 5.95. The number of aromatic nitrogens is 3. The maximum Gasteiger partial charge on any atom is 0.242 e. The molecule has 1 fully saturated rings. The van der Waals surface area contributed by atoms with Crippen LogP contribution in [-0.2, 0) is 23.1 Å². The Labute approximate surface area is 178 Å². The first-order chi connectivity index (χ1) is 14.2. The Kier molecular flexibility index (Phi) is 6.63. The van der Waals surface area contributed by atoms with E-state index in [-0.39, 0.29) is 23.8 Å². The fourth-order valence-electron chi connectivity index (χ4n) is 4.29. The number of pyridine rings is 1. The van der Waals surface area contributed by atoms with E-state index < -0.39 is 0 Å². The molecule has 2 aromatic heterocycles. The van der Waals surface area contributed by atoms with Gasteiger partial charge in [-0.15, -0.1) is 5.10 Å². The van der Waals surface area contributed by atoms with Crippen molar-refractivity contribution < 1.29 is 14.3 Å². The Balaban J connectivity index is 1.64. The summed E-state index contributed by atoms with van der Waals surface area (Å²) in [5.74, 6) is 0.806. The highest BCUT2D eigenvalue weighted by molar-refractivity contribution is 5.86. The molecule has 2 aromatic rings. The van der Waals surface area contributed by atoms with Crippen molar-refractivity contribution in [3.05, 3.63) is 16.8 Å². The van der Waals surface area contributed by atoms with Crippen molar-refractivity contribution in [2.45, 2.75) is 59.4 Å². The Morgan fingerprint density at radius 1 is 1.23 bits per heavy atom. The topological polar surface area (TPSA) is 89.3 Å². The summed E-state index contributed by atoms with van der Waals surface area (Å²) < 4.78 is 7.14. The second-order valence-corrected chi connectivity index (χ2v) is 8.45. The van der Waals surface area contributed by atoms with Crippen LogP contribution in [0.25, 0.3) is 11.0 Å². The number of hydrogen-bond acceptors (Lipinski definition) is 5. The van der Waals surface area contributed by atoms with E-state index in [9.17, 15) is 9.59 Å². The number of fused-ring (bicyclic) bond motifs is 1. The van der Waals surface area contributed by atoms with Crippen molar-refractivity contribution in [2.75, 3.05) is 20.2 Å². The molecule has 1 N–H and O–H groups in total. The normalized spacial score (nSPS) is 15.1. The molecule has 1 saturated heterocycles. The number of ether oxygens (including phenoxy) is 1. The van der Waals surface area contributed by atoms with Crippen LogP contribution in [-0.4, -0.2) is 57.7 Å². The van der Waals surface area contributed by atoms with E-state index in [4.69, 9.17) is 9.72 Å². The Morgan fingerprint density at radius 3 is 2.50 bits per heavy atom. The molecule has 164 valence electrons. The molecule has 8 heteroatoms. The van der Waals surface area contributed by atoms with E-state index >= 15 is 0 Å². The molecular weight excluding hydrogens is 382 g/mol. The minimum atomic E-state index is 0.00518. The summed E-state index contributed by atoms with van der Waals surface area (Å²) in [4.78, 5) is 31.6.